The Morgan fingerprint density at radius 3 is 2.79 bits per heavy atom. The third kappa shape index (κ3) is 3.69. The van der Waals surface area contributed by atoms with Crippen LogP contribution in [-0.4, -0.2) is 21.4 Å². The molecule has 0 saturated carbocycles. The Bertz CT molecular complexity index is 897. The molecule has 2 amide bonds. The number of rotatable bonds is 4. The molecular weight excluding hydrogens is 324 g/mol. The van der Waals surface area contributed by atoms with Gasteiger partial charge in [-0.15, -0.1) is 11.3 Å². The van der Waals surface area contributed by atoms with Gasteiger partial charge in [-0.25, -0.2) is 4.98 Å². The van der Waals surface area contributed by atoms with E-state index in [0.717, 1.165) is 15.9 Å². The van der Waals surface area contributed by atoms with Crippen molar-refractivity contribution >= 4 is 40.3 Å². The zero-order valence-corrected chi connectivity index (χ0v) is 13.8. The first kappa shape index (κ1) is 15.9. The van der Waals surface area contributed by atoms with Crippen LogP contribution in [0.25, 0.3) is 17.1 Å². The topological polar surface area (TPSA) is 76.0 Å². The molecule has 0 bridgehead atoms. The van der Waals surface area contributed by atoms with Crippen molar-refractivity contribution in [1.29, 1.82) is 0 Å². The molecule has 0 aliphatic rings. The number of carbonyl (C=O) groups is 2. The molecule has 0 fully saturated rings. The van der Waals surface area contributed by atoms with Gasteiger partial charge < -0.3 is 4.57 Å². The summed E-state index contributed by atoms with van der Waals surface area (Å²) in [5.74, 6) is -0.0786. The maximum atomic E-state index is 12.0. The molecule has 0 unspecified atom stereocenters. The van der Waals surface area contributed by atoms with E-state index in [1.54, 1.807) is 6.08 Å². The Morgan fingerprint density at radius 1 is 1.21 bits per heavy atom. The molecule has 3 aromatic rings. The standard InChI is InChI=1S/C17H16N4O2S/c1-21-14-7-3-2-6-13(14)18-15(21)11-17(23)20-19-16(22)9-8-12-5-4-10-24-12/h2-10H,11H2,1H3,(H,19,22)(H,20,23)/b9-8+. The fourth-order valence-electron chi connectivity index (χ4n) is 2.26. The molecule has 2 N–H and O–H groups in total. The number of benzene rings is 1. The van der Waals surface area contributed by atoms with Gasteiger partial charge in [0.15, 0.2) is 0 Å². The van der Waals surface area contributed by atoms with Gasteiger partial charge >= 0.3 is 0 Å². The van der Waals surface area contributed by atoms with Crippen molar-refractivity contribution in [2.75, 3.05) is 0 Å². The Hall–Kier alpha value is -2.93. The van der Waals surface area contributed by atoms with Crippen LogP contribution in [0.1, 0.15) is 10.7 Å². The van der Waals surface area contributed by atoms with Gasteiger partial charge in [0.25, 0.3) is 5.91 Å². The predicted molar refractivity (Wildman–Crippen MR) is 94.1 cm³/mol. The average Bonchev–Trinajstić information content (AvgIpc) is 3.20. The Kier molecular flexibility index (Phi) is 4.72. The molecule has 1 aromatic carbocycles. The number of thiophene rings is 1. The number of nitrogens with one attached hydrogen (secondary N) is 2. The molecule has 6 nitrogen and oxygen atoms in total. The molecule has 122 valence electrons. The first-order valence-corrected chi connectivity index (χ1v) is 8.22. The molecule has 0 saturated heterocycles. The second-order valence-corrected chi connectivity index (χ2v) is 6.12. The van der Waals surface area contributed by atoms with Crippen molar-refractivity contribution < 1.29 is 9.59 Å². The van der Waals surface area contributed by atoms with Crippen LogP contribution < -0.4 is 10.9 Å². The highest BCUT2D eigenvalue weighted by atomic mass is 32.1. The summed E-state index contributed by atoms with van der Waals surface area (Å²) in [6, 6.07) is 11.5. The number of fused-ring (bicyclic) bond motifs is 1. The molecule has 0 spiro atoms. The number of nitrogens with zero attached hydrogens (tertiary/aromatic N) is 2. The Morgan fingerprint density at radius 2 is 2.04 bits per heavy atom. The summed E-state index contributed by atoms with van der Waals surface area (Å²) in [5, 5.41) is 1.93. The molecule has 2 aromatic heterocycles. The summed E-state index contributed by atoms with van der Waals surface area (Å²) in [7, 11) is 1.86. The number of para-hydroxylation sites is 2. The lowest BCUT2D eigenvalue weighted by Crippen LogP contribution is -2.41. The predicted octanol–water partition coefficient (Wildman–Crippen LogP) is 2.04. The van der Waals surface area contributed by atoms with Crippen LogP contribution in [0.4, 0.5) is 0 Å². The van der Waals surface area contributed by atoms with Gasteiger partial charge in [-0.2, -0.15) is 0 Å². The maximum absolute atomic E-state index is 12.0. The Labute approximate surface area is 142 Å². The fourth-order valence-corrected chi connectivity index (χ4v) is 2.88. The monoisotopic (exact) mass is 340 g/mol. The van der Waals surface area contributed by atoms with E-state index in [1.165, 1.54) is 17.4 Å². The smallest absolute Gasteiger partial charge is 0.262 e. The van der Waals surface area contributed by atoms with Crippen LogP contribution in [0.2, 0.25) is 0 Å². The number of hydrogen-bond donors (Lipinski definition) is 2. The highest BCUT2D eigenvalue weighted by Crippen LogP contribution is 2.14. The number of imidazole rings is 1. The molecule has 0 aliphatic heterocycles. The summed E-state index contributed by atoms with van der Waals surface area (Å²) in [6.07, 6.45) is 3.15. The lowest BCUT2D eigenvalue weighted by molar-refractivity contribution is -0.126. The number of aryl methyl sites for hydroxylation is 1. The third-order valence-electron chi connectivity index (χ3n) is 3.47. The molecule has 2 heterocycles. The minimum absolute atomic E-state index is 0.0834. The van der Waals surface area contributed by atoms with Crippen LogP contribution in [0.5, 0.6) is 0 Å². The second kappa shape index (κ2) is 7.10. The first-order valence-electron chi connectivity index (χ1n) is 7.34. The largest absolute Gasteiger partial charge is 0.331 e. The number of aromatic nitrogens is 2. The van der Waals surface area contributed by atoms with Gasteiger partial charge in [0.05, 0.1) is 17.5 Å². The minimum Gasteiger partial charge on any atom is -0.331 e. The van der Waals surface area contributed by atoms with Gasteiger partial charge in [-0.1, -0.05) is 18.2 Å². The lowest BCUT2D eigenvalue weighted by atomic mass is 10.3. The van der Waals surface area contributed by atoms with Crippen LogP contribution in [0, 0.1) is 0 Å². The first-order chi connectivity index (χ1) is 11.6. The average molecular weight is 340 g/mol. The summed E-state index contributed by atoms with van der Waals surface area (Å²) in [5.41, 5.74) is 6.55. The fraction of sp³-hybridized carbons (Fsp3) is 0.118. The highest BCUT2D eigenvalue weighted by Gasteiger charge is 2.11. The van der Waals surface area contributed by atoms with E-state index in [2.05, 4.69) is 15.8 Å². The van der Waals surface area contributed by atoms with Crippen LogP contribution in [-0.2, 0) is 23.1 Å². The SMILES string of the molecule is Cn1c(CC(=O)NNC(=O)/C=C/c2cccs2)nc2ccccc21. The van der Waals surface area contributed by atoms with Crippen molar-refractivity contribution in [2.24, 2.45) is 7.05 Å². The lowest BCUT2D eigenvalue weighted by Gasteiger charge is -2.05. The minimum atomic E-state index is -0.387. The molecular formula is C17H16N4O2S. The molecule has 0 aliphatic carbocycles. The number of carbonyl (C=O) groups excluding carboxylic acids is 2. The van der Waals surface area contributed by atoms with Gasteiger partial charge in [0.2, 0.25) is 5.91 Å². The number of hydrazine groups is 1. The molecule has 7 heteroatoms. The summed E-state index contributed by atoms with van der Waals surface area (Å²) in [4.78, 5) is 29.0. The van der Waals surface area contributed by atoms with E-state index in [0.29, 0.717) is 5.82 Å². The summed E-state index contributed by atoms with van der Waals surface area (Å²) >= 11 is 1.53. The highest BCUT2D eigenvalue weighted by molar-refractivity contribution is 7.10. The van der Waals surface area contributed by atoms with Gasteiger partial charge in [0, 0.05) is 18.0 Å². The normalized spacial score (nSPS) is 11.0. The number of amides is 2. The number of hydrogen-bond acceptors (Lipinski definition) is 4. The van der Waals surface area contributed by atoms with Crippen LogP contribution >= 0.6 is 11.3 Å². The van der Waals surface area contributed by atoms with E-state index >= 15 is 0 Å². The summed E-state index contributed by atoms with van der Waals surface area (Å²) < 4.78 is 1.87. The quantitative estimate of drug-likeness (QED) is 0.564. The molecule has 3 rings (SSSR count). The third-order valence-corrected chi connectivity index (χ3v) is 4.30. The van der Waals surface area contributed by atoms with Crippen molar-refractivity contribution in [1.82, 2.24) is 20.4 Å². The van der Waals surface area contributed by atoms with Gasteiger partial charge in [0.1, 0.15) is 5.82 Å². The maximum Gasteiger partial charge on any atom is 0.262 e. The van der Waals surface area contributed by atoms with Crippen LogP contribution in [0.3, 0.4) is 0 Å². The second-order valence-electron chi connectivity index (χ2n) is 5.14. The van der Waals surface area contributed by atoms with Gasteiger partial charge in [-0.3, -0.25) is 20.4 Å². The van der Waals surface area contributed by atoms with E-state index in [-0.39, 0.29) is 18.2 Å². The zero-order valence-electron chi connectivity index (χ0n) is 13.0. The van der Waals surface area contributed by atoms with Crippen molar-refractivity contribution in [3.05, 3.63) is 58.6 Å². The van der Waals surface area contributed by atoms with E-state index in [4.69, 9.17) is 0 Å². The molecule has 24 heavy (non-hydrogen) atoms. The zero-order chi connectivity index (χ0) is 16.9. The van der Waals surface area contributed by atoms with Crippen LogP contribution in [0.15, 0.2) is 47.9 Å². The molecule has 0 atom stereocenters. The van der Waals surface area contributed by atoms with E-state index < -0.39 is 0 Å². The Balaban J connectivity index is 1.55. The van der Waals surface area contributed by atoms with E-state index in [1.807, 2.05) is 53.4 Å². The van der Waals surface area contributed by atoms with Gasteiger partial charge in [-0.05, 0) is 29.7 Å². The van der Waals surface area contributed by atoms with Crippen molar-refractivity contribution in [3.8, 4) is 0 Å². The molecule has 0 radical (unpaired) electrons. The van der Waals surface area contributed by atoms with Crippen molar-refractivity contribution in [2.45, 2.75) is 6.42 Å². The van der Waals surface area contributed by atoms with E-state index in [9.17, 15) is 9.59 Å². The van der Waals surface area contributed by atoms with Crippen molar-refractivity contribution in [3.63, 3.8) is 0 Å². The summed E-state index contributed by atoms with van der Waals surface area (Å²) in [6.45, 7) is 0.